The molecule has 1 aromatic carbocycles. The summed E-state index contributed by atoms with van der Waals surface area (Å²) in [6, 6.07) is 13.8. The van der Waals surface area contributed by atoms with Gasteiger partial charge in [-0.15, -0.1) is 0 Å². The van der Waals surface area contributed by atoms with Gasteiger partial charge in [-0.2, -0.15) is 0 Å². The Bertz CT molecular complexity index is 799. The minimum absolute atomic E-state index is 0.0847. The van der Waals surface area contributed by atoms with Crippen LogP contribution in [0.3, 0.4) is 0 Å². The summed E-state index contributed by atoms with van der Waals surface area (Å²) in [5, 5.41) is 0. The van der Waals surface area contributed by atoms with Crippen LogP contribution >= 0.6 is 0 Å². The van der Waals surface area contributed by atoms with Crippen molar-refractivity contribution >= 4 is 12.0 Å². The lowest BCUT2D eigenvalue weighted by Gasteiger charge is -2.35. The molecule has 1 saturated heterocycles. The molecule has 6 nitrogen and oxygen atoms in total. The van der Waals surface area contributed by atoms with Gasteiger partial charge in [0.05, 0.1) is 0 Å². The molecule has 0 aliphatic carbocycles. The quantitative estimate of drug-likeness (QED) is 0.800. The molecule has 2 heterocycles. The van der Waals surface area contributed by atoms with E-state index in [1.54, 1.807) is 4.90 Å². The second-order valence-corrected chi connectivity index (χ2v) is 7.98. The highest BCUT2D eigenvalue weighted by Crippen LogP contribution is 2.22. The lowest BCUT2D eigenvalue weighted by Crippen LogP contribution is -2.51. The van der Waals surface area contributed by atoms with Gasteiger partial charge in [-0.05, 0) is 32.9 Å². The maximum absolute atomic E-state index is 12.5. The molecule has 28 heavy (non-hydrogen) atoms. The zero-order chi connectivity index (χ0) is 20.1. The van der Waals surface area contributed by atoms with E-state index >= 15 is 0 Å². The molecule has 1 aromatic heterocycles. The van der Waals surface area contributed by atoms with Gasteiger partial charge in [0, 0.05) is 44.6 Å². The summed E-state index contributed by atoms with van der Waals surface area (Å²) in [5.41, 5.74) is 0.518. The van der Waals surface area contributed by atoms with E-state index in [4.69, 9.17) is 9.15 Å². The van der Waals surface area contributed by atoms with E-state index < -0.39 is 5.60 Å². The summed E-state index contributed by atoms with van der Waals surface area (Å²) < 4.78 is 11.3. The fourth-order valence-electron chi connectivity index (χ4n) is 3.12. The van der Waals surface area contributed by atoms with Gasteiger partial charge >= 0.3 is 6.09 Å². The molecule has 2 amide bonds. The van der Waals surface area contributed by atoms with Crippen LogP contribution < -0.4 is 0 Å². The van der Waals surface area contributed by atoms with Crippen molar-refractivity contribution < 1.29 is 18.7 Å². The molecule has 1 aliphatic rings. The number of nitrogens with zero attached hydrogens (tertiary/aromatic N) is 2. The Morgan fingerprint density at radius 2 is 1.61 bits per heavy atom. The fourth-order valence-corrected chi connectivity index (χ4v) is 3.12. The number of piperazine rings is 1. The molecule has 0 spiro atoms. The van der Waals surface area contributed by atoms with Gasteiger partial charge in [0.1, 0.15) is 17.1 Å². The lowest BCUT2D eigenvalue weighted by molar-refractivity contribution is -0.133. The van der Waals surface area contributed by atoms with E-state index in [-0.39, 0.29) is 12.0 Å². The first-order valence-corrected chi connectivity index (χ1v) is 9.72. The summed E-state index contributed by atoms with van der Waals surface area (Å²) in [6.45, 7) is 7.61. The third-order valence-corrected chi connectivity index (χ3v) is 4.59. The van der Waals surface area contributed by atoms with Crippen LogP contribution in [0.5, 0.6) is 0 Å². The minimum atomic E-state index is -0.508. The van der Waals surface area contributed by atoms with Crippen molar-refractivity contribution in [3.8, 4) is 11.3 Å². The van der Waals surface area contributed by atoms with Crippen LogP contribution in [0, 0.1) is 0 Å². The maximum atomic E-state index is 12.5. The third kappa shape index (κ3) is 5.38. The molecular formula is C22H28N2O4. The summed E-state index contributed by atoms with van der Waals surface area (Å²) >= 11 is 0. The standard InChI is InChI=1S/C22H28N2O4/c1-22(2,3)28-21(26)24-15-13-23(14-16-24)20(25)12-10-18-9-11-19(27-18)17-7-5-4-6-8-17/h4-9,11H,10,12-16H2,1-3H3. The predicted octanol–water partition coefficient (Wildman–Crippen LogP) is 3.96. The van der Waals surface area contributed by atoms with Gasteiger partial charge in [0.15, 0.2) is 0 Å². The molecule has 0 bridgehead atoms. The first-order valence-electron chi connectivity index (χ1n) is 9.72. The van der Waals surface area contributed by atoms with Crippen LogP contribution in [0.2, 0.25) is 0 Å². The van der Waals surface area contributed by atoms with Crippen LogP contribution in [0.1, 0.15) is 33.0 Å². The predicted molar refractivity (Wildman–Crippen MR) is 107 cm³/mol. The number of rotatable bonds is 4. The Morgan fingerprint density at radius 1 is 0.964 bits per heavy atom. The van der Waals surface area contributed by atoms with E-state index in [9.17, 15) is 9.59 Å². The van der Waals surface area contributed by atoms with Crippen LogP contribution in [-0.2, 0) is 16.0 Å². The van der Waals surface area contributed by atoms with Crippen LogP contribution in [0.4, 0.5) is 4.79 Å². The molecule has 0 unspecified atom stereocenters. The number of hydrogen-bond acceptors (Lipinski definition) is 4. The highest BCUT2D eigenvalue weighted by molar-refractivity contribution is 5.77. The molecule has 0 saturated carbocycles. The van der Waals surface area contributed by atoms with Crippen molar-refractivity contribution in [2.75, 3.05) is 26.2 Å². The lowest BCUT2D eigenvalue weighted by atomic mass is 10.2. The topological polar surface area (TPSA) is 63.0 Å². The van der Waals surface area contributed by atoms with E-state index in [2.05, 4.69) is 0 Å². The van der Waals surface area contributed by atoms with E-state index in [1.165, 1.54) is 0 Å². The Labute approximate surface area is 166 Å². The first-order chi connectivity index (χ1) is 13.3. The van der Waals surface area contributed by atoms with Crippen LogP contribution in [0.15, 0.2) is 46.9 Å². The molecular weight excluding hydrogens is 356 g/mol. The molecule has 2 aromatic rings. The molecule has 150 valence electrons. The summed E-state index contributed by atoms with van der Waals surface area (Å²) in [6.07, 6.45) is 0.648. The van der Waals surface area contributed by atoms with Crippen molar-refractivity contribution in [2.24, 2.45) is 0 Å². The Balaban J connectivity index is 1.45. The Morgan fingerprint density at radius 3 is 2.25 bits per heavy atom. The number of carbonyl (C=O) groups excluding carboxylic acids is 2. The molecule has 3 rings (SSSR count). The zero-order valence-corrected chi connectivity index (χ0v) is 16.8. The Kier molecular flexibility index (Phi) is 6.07. The van der Waals surface area contributed by atoms with Crippen molar-refractivity contribution in [2.45, 2.75) is 39.2 Å². The SMILES string of the molecule is CC(C)(C)OC(=O)N1CCN(C(=O)CCc2ccc(-c3ccccc3)o2)CC1. The Hall–Kier alpha value is -2.76. The summed E-state index contributed by atoms with van der Waals surface area (Å²) in [4.78, 5) is 28.1. The van der Waals surface area contributed by atoms with E-state index in [0.717, 1.165) is 17.1 Å². The molecule has 0 radical (unpaired) electrons. The van der Waals surface area contributed by atoms with Crippen LogP contribution in [-0.4, -0.2) is 53.6 Å². The number of furan rings is 1. The van der Waals surface area contributed by atoms with Gasteiger partial charge in [0.25, 0.3) is 0 Å². The number of benzene rings is 1. The van der Waals surface area contributed by atoms with Gasteiger partial charge < -0.3 is 19.0 Å². The maximum Gasteiger partial charge on any atom is 0.410 e. The molecule has 0 atom stereocenters. The van der Waals surface area contributed by atoms with E-state index in [1.807, 2.05) is 68.1 Å². The number of hydrogen-bond donors (Lipinski definition) is 0. The second-order valence-electron chi connectivity index (χ2n) is 7.98. The fraction of sp³-hybridized carbons (Fsp3) is 0.455. The van der Waals surface area contributed by atoms with Crippen molar-refractivity contribution in [3.63, 3.8) is 0 Å². The van der Waals surface area contributed by atoms with Gasteiger partial charge in [0.2, 0.25) is 5.91 Å². The van der Waals surface area contributed by atoms with Crippen LogP contribution in [0.25, 0.3) is 11.3 Å². The largest absolute Gasteiger partial charge is 0.461 e. The minimum Gasteiger partial charge on any atom is -0.461 e. The molecule has 1 fully saturated rings. The average Bonchev–Trinajstić information content (AvgIpc) is 3.15. The number of aryl methyl sites for hydroxylation is 1. The second kappa shape index (κ2) is 8.50. The molecule has 0 N–H and O–H groups in total. The van der Waals surface area contributed by atoms with Gasteiger partial charge in [-0.25, -0.2) is 4.79 Å². The highest BCUT2D eigenvalue weighted by Gasteiger charge is 2.27. The molecule has 6 heteroatoms. The first kappa shape index (κ1) is 20.0. The average molecular weight is 384 g/mol. The monoisotopic (exact) mass is 384 g/mol. The number of carbonyl (C=O) groups is 2. The van der Waals surface area contributed by atoms with E-state index in [0.29, 0.717) is 39.0 Å². The molecule has 1 aliphatic heterocycles. The number of amides is 2. The van der Waals surface area contributed by atoms with Gasteiger partial charge in [-0.3, -0.25) is 4.79 Å². The van der Waals surface area contributed by atoms with Crippen molar-refractivity contribution in [3.05, 3.63) is 48.2 Å². The summed E-state index contributed by atoms with van der Waals surface area (Å²) in [7, 11) is 0. The smallest absolute Gasteiger partial charge is 0.410 e. The van der Waals surface area contributed by atoms with Crippen molar-refractivity contribution in [1.29, 1.82) is 0 Å². The number of ether oxygens (including phenoxy) is 1. The summed E-state index contributed by atoms with van der Waals surface area (Å²) in [5.74, 6) is 1.70. The van der Waals surface area contributed by atoms with Crippen molar-refractivity contribution in [1.82, 2.24) is 9.80 Å². The van der Waals surface area contributed by atoms with Gasteiger partial charge in [-0.1, -0.05) is 30.3 Å². The third-order valence-electron chi connectivity index (χ3n) is 4.59. The zero-order valence-electron chi connectivity index (χ0n) is 16.8. The normalized spacial score (nSPS) is 14.8. The highest BCUT2D eigenvalue weighted by atomic mass is 16.6.